The molecule has 1 aliphatic heterocycles. The molecule has 3 N–H and O–H groups in total. The monoisotopic (exact) mass is 520 g/mol. The molecule has 2 atom stereocenters. The minimum absolute atomic E-state index is 0.108. The van der Waals surface area contributed by atoms with Crippen molar-refractivity contribution in [3.05, 3.63) is 41.8 Å². The predicted octanol–water partition coefficient (Wildman–Crippen LogP) is 3.79. The molecule has 0 saturated carbocycles. The van der Waals surface area contributed by atoms with Gasteiger partial charge in [-0.1, -0.05) is 13.0 Å². The van der Waals surface area contributed by atoms with Crippen molar-refractivity contribution in [1.29, 1.82) is 0 Å². The van der Waals surface area contributed by atoms with Crippen LogP contribution < -0.4 is 10.0 Å². The highest BCUT2D eigenvalue weighted by atomic mass is 32.2. The maximum absolute atomic E-state index is 14.6. The van der Waals surface area contributed by atoms with Crippen LogP contribution in [0.15, 0.2) is 30.5 Å². The first-order valence-electron chi connectivity index (χ1n) is 11.4. The topological polar surface area (TPSA) is 137 Å². The molecule has 0 aliphatic carbocycles. The van der Waals surface area contributed by atoms with Crippen LogP contribution in [0.3, 0.4) is 0 Å². The van der Waals surface area contributed by atoms with Crippen molar-refractivity contribution in [3.63, 3.8) is 0 Å². The number of carboxylic acid groups (broad SMARTS) is 1. The quantitative estimate of drug-likeness (QED) is 0.428. The second-order valence-corrected chi connectivity index (χ2v) is 10.6. The van der Waals surface area contributed by atoms with Crippen molar-refractivity contribution >= 4 is 38.8 Å². The highest BCUT2D eigenvalue weighted by molar-refractivity contribution is 7.92. The summed E-state index contributed by atoms with van der Waals surface area (Å²) in [6.07, 6.45) is -0.439. The molecule has 1 fully saturated rings. The third-order valence-electron chi connectivity index (χ3n) is 5.74. The fourth-order valence-corrected chi connectivity index (χ4v) is 5.27. The van der Waals surface area contributed by atoms with Gasteiger partial charge in [-0.15, -0.1) is 0 Å². The summed E-state index contributed by atoms with van der Waals surface area (Å²) in [5.41, 5.74) is 2.47. The number of aryl methyl sites for hydroxylation is 1. The average Bonchev–Trinajstić information content (AvgIpc) is 2.80. The van der Waals surface area contributed by atoms with Crippen LogP contribution in [-0.4, -0.2) is 70.5 Å². The van der Waals surface area contributed by atoms with Crippen LogP contribution in [0, 0.1) is 12.7 Å². The van der Waals surface area contributed by atoms with E-state index in [2.05, 4.69) is 25.0 Å². The molecule has 0 bridgehead atoms. The lowest BCUT2D eigenvalue weighted by Crippen LogP contribution is -2.49. The Morgan fingerprint density at radius 2 is 2.03 bits per heavy atom. The molecule has 1 aromatic carbocycles. The number of rotatable bonds is 7. The fourth-order valence-electron chi connectivity index (χ4n) is 4.13. The van der Waals surface area contributed by atoms with E-state index < -0.39 is 34.1 Å². The Hall–Kier alpha value is -3.61. The summed E-state index contributed by atoms with van der Waals surface area (Å²) in [5.74, 6) is -0.612. The number of benzene rings is 1. The number of alkyl halides is 1. The summed E-state index contributed by atoms with van der Waals surface area (Å²) in [6.45, 7) is 3.48. The van der Waals surface area contributed by atoms with E-state index in [1.807, 2.05) is 0 Å². The lowest BCUT2D eigenvalue weighted by Gasteiger charge is -2.33. The van der Waals surface area contributed by atoms with Gasteiger partial charge in [-0.3, -0.25) is 4.72 Å². The van der Waals surface area contributed by atoms with Crippen LogP contribution in [0.5, 0.6) is 0 Å². The van der Waals surface area contributed by atoms with E-state index in [0.717, 1.165) is 10.5 Å². The van der Waals surface area contributed by atoms with Gasteiger partial charge in [0.05, 0.1) is 35.4 Å². The summed E-state index contributed by atoms with van der Waals surface area (Å²) >= 11 is 0. The second-order valence-electron chi connectivity index (χ2n) is 8.73. The highest BCUT2D eigenvalue weighted by Gasteiger charge is 2.30. The number of nitrogens with zero attached hydrogens (tertiary/aromatic N) is 4. The molecule has 192 valence electrons. The van der Waals surface area contributed by atoms with Gasteiger partial charge < -0.3 is 15.3 Å². The number of likely N-dealkylation sites (tertiary alicyclic amines) is 1. The third-order valence-corrected chi connectivity index (χ3v) is 7.22. The maximum Gasteiger partial charge on any atom is 0.407 e. The van der Waals surface area contributed by atoms with E-state index in [1.165, 1.54) is 18.3 Å². The summed E-state index contributed by atoms with van der Waals surface area (Å²) in [5, 5.41) is 12.2. The van der Waals surface area contributed by atoms with Crippen LogP contribution in [0.1, 0.15) is 25.3 Å². The van der Waals surface area contributed by atoms with Gasteiger partial charge in [-0.05, 0) is 37.1 Å². The van der Waals surface area contributed by atoms with E-state index in [4.69, 9.17) is 0 Å². The van der Waals surface area contributed by atoms with Crippen molar-refractivity contribution in [1.82, 2.24) is 19.9 Å². The van der Waals surface area contributed by atoms with Gasteiger partial charge in [0.25, 0.3) is 0 Å². The van der Waals surface area contributed by atoms with Gasteiger partial charge >= 0.3 is 6.09 Å². The third kappa shape index (κ3) is 5.78. The maximum atomic E-state index is 14.6. The highest BCUT2D eigenvalue weighted by Crippen LogP contribution is 2.27. The molecular formula is C23H26F2N6O4S. The molecule has 10 nitrogen and oxygen atoms in total. The molecule has 1 aliphatic rings. The molecule has 0 radical (unpaired) electrons. The number of aromatic nitrogens is 3. The van der Waals surface area contributed by atoms with Crippen LogP contribution >= 0.6 is 0 Å². The van der Waals surface area contributed by atoms with Crippen molar-refractivity contribution < 1.29 is 27.1 Å². The zero-order valence-electron chi connectivity index (χ0n) is 19.7. The number of anilines is 2. The van der Waals surface area contributed by atoms with Gasteiger partial charge in [-0.2, -0.15) is 0 Å². The van der Waals surface area contributed by atoms with Gasteiger partial charge in [0, 0.05) is 24.6 Å². The molecule has 13 heteroatoms. The summed E-state index contributed by atoms with van der Waals surface area (Å²) < 4.78 is 54.8. The Morgan fingerprint density at radius 3 is 2.72 bits per heavy atom. The molecule has 3 heterocycles. The number of nitrogens with one attached hydrogen (secondary N) is 2. The molecule has 0 spiro atoms. The van der Waals surface area contributed by atoms with Crippen LogP contribution in [0.25, 0.3) is 22.3 Å². The second kappa shape index (κ2) is 10.2. The number of fused-ring (bicyclic) bond motifs is 1. The van der Waals surface area contributed by atoms with E-state index in [-0.39, 0.29) is 36.9 Å². The smallest absolute Gasteiger partial charge is 0.407 e. The normalized spacial score (nSPS) is 18.3. The first kappa shape index (κ1) is 25.5. The lowest BCUT2D eigenvalue weighted by molar-refractivity contribution is 0.102. The average molecular weight is 521 g/mol. The largest absolute Gasteiger partial charge is 0.465 e. The number of amides is 1. The first-order valence-corrected chi connectivity index (χ1v) is 13.0. The van der Waals surface area contributed by atoms with Crippen molar-refractivity contribution in [2.45, 2.75) is 38.9 Å². The zero-order valence-corrected chi connectivity index (χ0v) is 20.5. The summed E-state index contributed by atoms with van der Waals surface area (Å²) in [4.78, 5) is 25.5. The molecule has 36 heavy (non-hydrogen) atoms. The van der Waals surface area contributed by atoms with Gasteiger partial charge in [0.1, 0.15) is 17.5 Å². The van der Waals surface area contributed by atoms with E-state index >= 15 is 0 Å². The predicted molar refractivity (Wildman–Crippen MR) is 132 cm³/mol. The number of hydrogen-bond acceptors (Lipinski definition) is 7. The molecule has 1 saturated heterocycles. The van der Waals surface area contributed by atoms with Crippen LogP contribution in [-0.2, 0) is 10.0 Å². The van der Waals surface area contributed by atoms with Crippen molar-refractivity contribution in [2.75, 3.05) is 28.9 Å². The van der Waals surface area contributed by atoms with Gasteiger partial charge in [-0.25, -0.2) is 36.9 Å². The Morgan fingerprint density at radius 1 is 1.25 bits per heavy atom. The minimum Gasteiger partial charge on any atom is -0.465 e. The molecule has 0 unspecified atom stereocenters. The Labute approximate surface area is 206 Å². The number of piperidine rings is 1. The van der Waals surface area contributed by atoms with Crippen LogP contribution in [0.4, 0.5) is 25.2 Å². The molecule has 3 aromatic rings. The standard InChI is InChI=1S/C23H26F2N6O4S/c1-3-6-36(34,35)30-18-5-4-14(8-17(18)25)19-7-13(2)21-20(28-19)10-26-22(29-21)27-16-9-15(24)11-31(12-16)23(32)33/h4-5,7-8,10,15-16,30H,3,6,9,11-12H2,1-2H3,(H,32,33)(H,26,27,29)/t15-,16-/m0/s1. The fraction of sp³-hybridized carbons (Fsp3) is 0.391. The Kier molecular flexibility index (Phi) is 7.20. The molecule has 2 aromatic heterocycles. The van der Waals surface area contributed by atoms with Crippen LogP contribution in [0.2, 0.25) is 0 Å². The molecule has 1 amide bonds. The van der Waals surface area contributed by atoms with Crippen molar-refractivity contribution in [2.24, 2.45) is 0 Å². The number of sulfonamides is 1. The number of pyridine rings is 1. The van der Waals surface area contributed by atoms with Crippen molar-refractivity contribution in [3.8, 4) is 11.3 Å². The summed E-state index contributed by atoms with van der Waals surface area (Å²) in [6, 6.07) is 5.37. The van der Waals surface area contributed by atoms with E-state index in [0.29, 0.717) is 28.7 Å². The zero-order chi connectivity index (χ0) is 26.0. The lowest BCUT2D eigenvalue weighted by atomic mass is 10.0. The van der Waals surface area contributed by atoms with E-state index in [1.54, 1.807) is 26.0 Å². The minimum atomic E-state index is -3.63. The van der Waals surface area contributed by atoms with Gasteiger partial charge in [0.2, 0.25) is 16.0 Å². The number of hydrogen-bond donors (Lipinski definition) is 3. The Bertz CT molecular complexity index is 1400. The SMILES string of the molecule is CCCS(=O)(=O)Nc1ccc(-c2cc(C)c3nc(N[C@H]4C[C@H](F)CN(C(=O)O)C4)ncc3n2)cc1F. The molecular weight excluding hydrogens is 494 g/mol. The molecule has 4 rings (SSSR count). The summed E-state index contributed by atoms with van der Waals surface area (Å²) in [7, 11) is -3.63. The number of halogens is 2. The van der Waals surface area contributed by atoms with Gasteiger partial charge in [0.15, 0.2) is 0 Å². The van der Waals surface area contributed by atoms with E-state index in [9.17, 15) is 27.1 Å². The Balaban J connectivity index is 1.56. The number of carbonyl (C=O) groups is 1. The first-order chi connectivity index (χ1) is 17.0.